The van der Waals surface area contributed by atoms with Crippen molar-refractivity contribution in [2.45, 2.75) is 32.6 Å². The fraction of sp³-hybridized carbons (Fsp3) is 1.00. The maximum Gasteiger partial charge on any atom is 0.000518 e. The molecule has 0 aliphatic carbocycles. The van der Waals surface area contributed by atoms with Gasteiger partial charge in [-0.15, -0.1) is 0 Å². The average molecular weight is 156 g/mol. The zero-order valence-corrected chi connectivity index (χ0v) is 7.53. The lowest BCUT2D eigenvalue weighted by molar-refractivity contribution is 0.215. The Bertz CT molecular complexity index is 106. The van der Waals surface area contributed by atoms with Crippen molar-refractivity contribution in [2.75, 3.05) is 19.6 Å². The predicted molar refractivity (Wildman–Crippen MR) is 48.5 cm³/mol. The molecule has 0 saturated carbocycles. The Morgan fingerprint density at radius 3 is 2.91 bits per heavy atom. The first-order valence-corrected chi connectivity index (χ1v) is 4.68. The molecular weight excluding hydrogens is 136 g/mol. The number of piperidine rings is 1. The molecule has 0 aromatic carbocycles. The standard InChI is InChI=1S/C9H20N2/c1-9(4-2-6-10)5-3-7-11-8-9/h11H,2-8,10H2,1H3. The molecule has 0 aromatic rings. The highest BCUT2D eigenvalue weighted by Gasteiger charge is 2.25. The van der Waals surface area contributed by atoms with Gasteiger partial charge in [0.1, 0.15) is 0 Å². The molecule has 1 rings (SSSR count). The molecule has 0 aromatic heterocycles. The minimum absolute atomic E-state index is 0.539. The van der Waals surface area contributed by atoms with Gasteiger partial charge in [0.2, 0.25) is 0 Å². The molecule has 2 heteroatoms. The SMILES string of the molecule is CC1(CCCN)CCCNC1. The van der Waals surface area contributed by atoms with Crippen molar-refractivity contribution in [1.29, 1.82) is 0 Å². The highest BCUT2D eigenvalue weighted by Crippen LogP contribution is 2.30. The average Bonchev–Trinajstić information content (AvgIpc) is 2.03. The van der Waals surface area contributed by atoms with E-state index in [0.717, 1.165) is 6.54 Å². The minimum Gasteiger partial charge on any atom is -0.330 e. The molecule has 0 radical (unpaired) electrons. The Balaban J connectivity index is 2.25. The van der Waals surface area contributed by atoms with Crippen LogP contribution in [0.25, 0.3) is 0 Å². The second kappa shape index (κ2) is 4.07. The lowest BCUT2D eigenvalue weighted by atomic mass is 9.79. The molecule has 11 heavy (non-hydrogen) atoms. The van der Waals surface area contributed by atoms with Crippen LogP contribution in [-0.4, -0.2) is 19.6 Å². The van der Waals surface area contributed by atoms with Gasteiger partial charge in [0.25, 0.3) is 0 Å². The largest absolute Gasteiger partial charge is 0.330 e. The topological polar surface area (TPSA) is 38.0 Å². The summed E-state index contributed by atoms with van der Waals surface area (Å²) in [5.41, 5.74) is 6.02. The summed E-state index contributed by atoms with van der Waals surface area (Å²) in [5, 5.41) is 3.44. The van der Waals surface area contributed by atoms with Crippen LogP contribution in [0, 0.1) is 5.41 Å². The Labute approximate surface area is 69.5 Å². The van der Waals surface area contributed by atoms with Crippen molar-refractivity contribution >= 4 is 0 Å². The first kappa shape index (κ1) is 9.01. The van der Waals surface area contributed by atoms with Crippen LogP contribution >= 0.6 is 0 Å². The molecule has 1 unspecified atom stereocenters. The molecule has 1 atom stereocenters. The Hall–Kier alpha value is -0.0800. The van der Waals surface area contributed by atoms with E-state index in [0.29, 0.717) is 5.41 Å². The number of hydrogen-bond donors (Lipinski definition) is 2. The van der Waals surface area contributed by atoms with E-state index in [2.05, 4.69) is 12.2 Å². The van der Waals surface area contributed by atoms with Crippen LogP contribution in [0.15, 0.2) is 0 Å². The molecule has 0 amide bonds. The molecule has 3 N–H and O–H groups in total. The molecule has 66 valence electrons. The fourth-order valence-electron chi connectivity index (χ4n) is 1.86. The van der Waals surface area contributed by atoms with Crippen molar-refractivity contribution in [2.24, 2.45) is 11.1 Å². The number of nitrogens with two attached hydrogens (primary N) is 1. The summed E-state index contributed by atoms with van der Waals surface area (Å²) in [4.78, 5) is 0. The maximum atomic E-state index is 5.48. The Kier molecular flexibility index (Phi) is 3.34. The maximum absolute atomic E-state index is 5.48. The van der Waals surface area contributed by atoms with Gasteiger partial charge in [0, 0.05) is 6.54 Å². The van der Waals surface area contributed by atoms with E-state index in [1.54, 1.807) is 0 Å². The predicted octanol–water partition coefficient (Wildman–Crippen LogP) is 1.12. The highest BCUT2D eigenvalue weighted by atomic mass is 14.9. The lowest BCUT2D eigenvalue weighted by Gasteiger charge is -2.34. The van der Waals surface area contributed by atoms with Crippen molar-refractivity contribution in [3.63, 3.8) is 0 Å². The van der Waals surface area contributed by atoms with Crippen LogP contribution < -0.4 is 11.1 Å². The first-order chi connectivity index (χ1) is 5.27. The summed E-state index contributed by atoms with van der Waals surface area (Å²) in [6.45, 7) is 5.61. The third-order valence-electron chi connectivity index (χ3n) is 2.67. The second-order valence-electron chi connectivity index (χ2n) is 3.98. The molecule has 1 saturated heterocycles. The van der Waals surface area contributed by atoms with Crippen LogP contribution in [0.1, 0.15) is 32.6 Å². The van der Waals surface area contributed by atoms with Crippen LogP contribution in [0.5, 0.6) is 0 Å². The van der Waals surface area contributed by atoms with Crippen LogP contribution in [0.3, 0.4) is 0 Å². The number of hydrogen-bond acceptors (Lipinski definition) is 2. The van der Waals surface area contributed by atoms with E-state index in [9.17, 15) is 0 Å². The summed E-state index contributed by atoms with van der Waals surface area (Å²) >= 11 is 0. The van der Waals surface area contributed by atoms with Crippen LogP contribution in [0.2, 0.25) is 0 Å². The van der Waals surface area contributed by atoms with Gasteiger partial charge in [-0.1, -0.05) is 6.92 Å². The van der Waals surface area contributed by atoms with Crippen molar-refractivity contribution in [1.82, 2.24) is 5.32 Å². The lowest BCUT2D eigenvalue weighted by Crippen LogP contribution is -2.38. The highest BCUT2D eigenvalue weighted by molar-refractivity contribution is 4.80. The van der Waals surface area contributed by atoms with Gasteiger partial charge in [-0.05, 0) is 44.2 Å². The van der Waals surface area contributed by atoms with Gasteiger partial charge in [-0.3, -0.25) is 0 Å². The van der Waals surface area contributed by atoms with Gasteiger partial charge < -0.3 is 11.1 Å². The zero-order valence-electron chi connectivity index (χ0n) is 7.53. The van der Waals surface area contributed by atoms with Gasteiger partial charge in [-0.2, -0.15) is 0 Å². The summed E-state index contributed by atoms with van der Waals surface area (Å²) in [6, 6.07) is 0. The number of nitrogens with one attached hydrogen (secondary N) is 1. The van der Waals surface area contributed by atoms with E-state index < -0.39 is 0 Å². The van der Waals surface area contributed by atoms with E-state index in [-0.39, 0.29) is 0 Å². The fourth-order valence-corrected chi connectivity index (χ4v) is 1.86. The van der Waals surface area contributed by atoms with E-state index in [4.69, 9.17) is 5.73 Å². The quantitative estimate of drug-likeness (QED) is 0.642. The smallest absolute Gasteiger partial charge is 0.000518 e. The summed E-state index contributed by atoms with van der Waals surface area (Å²) in [7, 11) is 0. The van der Waals surface area contributed by atoms with E-state index >= 15 is 0 Å². The van der Waals surface area contributed by atoms with Crippen molar-refractivity contribution < 1.29 is 0 Å². The van der Waals surface area contributed by atoms with Crippen molar-refractivity contribution in [3.8, 4) is 0 Å². The number of rotatable bonds is 3. The van der Waals surface area contributed by atoms with Gasteiger partial charge in [0.15, 0.2) is 0 Å². The summed E-state index contributed by atoms with van der Waals surface area (Å²) in [6.07, 6.45) is 5.18. The first-order valence-electron chi connectivity index (χ1n) is 4.68. The Morgan fingerprint density at radius 1 is 1.55 bits per heavy atom. The van der Waals surface area contributed by atoms with Crippen molar-refractivity contribution in [3.05, 3.63) is 0 Å². The second-order valence-corrected chi connectivity index (χ2v) is 3.98. The van der Waals surface area contributed by atoms with E-state index in [1.807, 2.05) is 0 Å². The normalized spacial score (nSPS) is 32.2. The molecular formula is C9H20N2. The molecule has 0 bridgehead atoms. The van der Waals surface area contributed by atoms with Crippen LogP contribution in [0.4, 0.5) is 0 Å². The summed E-state index contributed by atoms with van der Waals surface area (Å²) in [5.74, 6) is 0. The third kappa shape index (κ3) is 2.80. The van der Waals surface area contributed by atoms with Gasteiger partial charge >= 0.3 is 0 Å². The Morgan fingerprint density at radius 2 is 2.36 bits per heavy atom. The zero-order chi connectivity index (χ0) is 8.16. The van der Waals surface area contributed by atoms with Gasteiger partial charge in [-0.25, -0.2) is 0 Å². The third-order valence-corrected chi connectivity index (χ3v) is 2.67. The molecule has 1 aliphatic heterocycles. The molecule has 1 heterocycles. The molecule has 2 nitrogen and oxygen atoms in total. The molecule has 0 spiro atoms. The molecule has 1 aliphatic rings. The summed E-state index contributed by atoms with van der Waals surface area (Å²) < 4.78 is 0. The monoisotopic (exact) mass is 156 g/mol. The van der Waals surface area contributed by atoms with Gasteiger partial charge in [0.05, 0.1) is 0 Å². The van der Waals surface area contributed by atoms with Crippen LogP contribution in [-0.2, 0) is 0 Å². The van der Waals surface area contributed by atoms with E-state index in [1.165, 1.54) is 38.8 Å². The minimum atomic E-state index is 0.539. The molecule has 1 fully saturated rings.